The predicted octanol–water partition coefficient (Wildman–Crippen LogP) is 2.32. The zero-order valence-electron chi connectivity index (χ0n) is 14.7. The highest BCUT2D eigenvalue weighted by atomic mass is 16.5. The molecule has 1 aromatic heterocycles. The summed E-state index contributed by atoms with van der Waals surface area (Å²) >= 11 is 0. The van der Waals surface area contributed by atoms with Gasteiger partial charge in [-0.3, -0.25) is 14.4 Å². The Balaban J connectivity index is 1.79. The van der Waals surface area contributed by atoms with E-state index in [0.717, 1.165) is 25.9 Å². The van der Waals surface area contributed by atoms with E-state index < -0.39 is 0 Å². The first kappa shape index (κ1) is 18.0. The Kier molecular flexibility index (Phi) is 6.81. The van der Waals surface area contributed by atoms with Crippen molar-refractivity contribution in [1.82, 2.24) is 14.7 Å². The Morgan fingerprint density at radius 1 is 1.38 bits per heavy atom. The minimum absolute atomic E-state index is 0.0253. The lowest BCUT2D eigenvalue weighted by atomic mass is 10.2. The Morgan fingerprint density at radius 2 is 2.17 bits per heavy atom. The molecule has 0 saturated carbocycles. The average Bonchev–Trinajstić information content (AvgIpc) is 2.99. The van der Waals surface area contributed by atoms with Crippen molar-refractivity contribution < 1.29 is 9.53 Å². The summed E-state index contributed by atoms with van der Waals surface area (Å²) < 4.78 is 7.07. The average molecular weight is 330 g/mol. The lowest BCUT2D eigenvalue weighted by Crippen LogP contribution is -2.34. The topological polar surface area (TPSA) is 59.4 Å². The van der Waals surface area contributed by atoms with Gasteiger partial charge in [0.05, 0.1) is 25.5 Å². The Morgan fingerprint density at radius 3 is 2.83 bits per heavy atom. The Labute approximate surface area is 143 Å². The molecule has 0 aliphatic carbocycles. The molecule has 1 amide bonds. The number of aryl methyl sites for hydroxylation is 2. The van der Waals surface area contributed by atoms with E-state index in [2.05, 4.69) is 22.2 Å². The lowest BCUT2D eigenvalue weighted by Gasteiger charge is -2.20. The molecule has 0 fully saturated rings. The van der Waals surface area contributed by atoms with Gasteiger partial charge in [0.2, 0.25) is 5.91 Å². The standard InChI is InChI=1S/C18H26N4O2/c1-4-22(11-7-8-15-12-19-21(2)13-15)14-18(23)20-16-9-5-6-10-17(16)24-3/h5-6,9-10,12-13H,4,7-8,11,14H2,1-3H3,(H,20,23). The number of amides is 1. The second-order valence-corrected chi connectivity index (χ2v) is 5.74. The van der Waals surface area contributed by atoms with Gasteiger partial charge in [-0.25, -0.2) is 0 Å². The van der Waals surface area contributed by atoms with Crippen LogP contribution in [-0.2, 0) is 18.3 Å². The van der Waals surface area contributed by atoms with E-state index in [4.69, 9.17) is 4.74 Å². The first-order valence-corrected chi connectivity index (χ1v) is 8.25. The monoisotopic (exact) mass is 330 g/mol. The number of hydrogen-bond donors (Lipinski definition) is 1. The highest BCUT2D eigenvalue weighted by Gasteiger charge is 2.11. The fourth-order valence-electron chi connectivity index (χ4n) is 2.60. The van der Waals surface area contributed by atoms with Crippen molar-refractivity contribution in [2.45, 2.75) is 19.8 Å². The number of ether oxygens (including phenoxy) is 1. The fourth-order valence-corrected chi connectivity index (χ4v) is 2.60. The number of carbonyl (C=O) groups is 1. The van der Waals surface area contributed by atoms with Gasteiger partial charge >= 0.3 is 0 Å². The molecule has 24 heavy (non-hydrogen) atoms. The van der Waals surface area contributed by atoms with E-state index in [1.165, 1.54) is 5.56 Å². The SMILES string of the molecule is CCN(CCCc1cnn(C)c1)CC(=O)Nc1ccccc1OC. The number of benzene rings is 1. The number of aromatic nitrogens is 2. The van der Waals surface area contributed by atoms with Gasteiger partial charge in [-0.1, -0.05) is 19.1 Å². The Hall–Kier alpha value is -2.34. The maximum atomic E-state index is 12.3. The molecule has 1 heterocycles. The summed E-state index contributed by atoms with van der Waals surface area (Å²) in [5, 5.41) is 7.09. The van der Waals surface area contributed by atoms with Crippen LogP contribution in [0.5, 0.6) is 5.75 Å². The Bertz CT molecular complexity index is 654. The van der Waals surface area contributed by atoms with Crippen molar-refractivity contribution in [2.24, 2.45) is 7.05 Å². The molecule has 0 unspecified atom stereocenters. The number of nitrogens with zero attached hydrogens (tertiary/aromatic N) is 3. The molecular weight excluding hydrogens is 304 g/mol. The maximum absolute atomic E-state index is 12.3. The van der Waals surface area contributed by atoms with Gasteiger partial charge < -0.3 is 10.1 Å². The summed E-state index contributed by atoms with van der Waals surface area (Å²) in [5.74, 6) is 0.646. The third-order valence-corrected chi connectivity index (χ3v) is 3.89. The van der Waals surface area contributed by atoms with Crippen LogP contribution in [0.4, 0.5) is 5.69 Å². The minimum atomic E-state index is -0.0253. The van der Waals surface area contributed by atoms with Crippen LogP contribution in [0.25, 0.3) is 0 Å². The van der Waals surface area contributed by atoms with Crippen LogP contribution in [-0.4, -0.2) is 47.3 Å². The smallest absolute Gasteiger partial charge is 0.238 e. The van der Waals surface area contributed by atoms with Gasteiger partial charge in [-0.05, 0) is 43.6 Å². The number of carbonyl (C=O) groups excluding carboxylic acids is 1. The quantitative estimate of drug-likeness (QED) is 0.766. The van der Waals surface area contributed by atoms with Crippen LogP contribution >= 0.6 is 0 Å². The largest absolute Gasteiger partial charge is 0.495 e. The first-order valence-electron chi connectivity index (χ1n) is 8.25. The van der Waals surface area contributed by atoms with E-state index in [-0.39, 0.29) is 5.91 Å². The summed E-state index contributed by atoms with van der Waals surface area (Å²) in [4.78, 5) is 14.4. The third kappa shape index (κ3) is 5.38. The predicted molar refractivity (Wildman–Crippen MR) is 95.3 cm³/mol. The van der Waals surface area contributed by atoms with Crippen molar-refractivity contribution in [3.8, 4) is 5.75 Å². The normalized spacial score (nSPS) is 10.8. The molecule has 0 atom stereocenters. The molecule has 1 aromatic carbocycles. The van der Waals surface area contributed by atoms with Gasteiger partial charge in [0.25, 0.3) is 0 Å². The molecule has 1 N–H and O–H groups in total. The van der Waals surface area contributed by atoms with Crippen LogP contribution < -0.4 is 10.1 Å². The van der Waals surface area contributed by atoms with Gasteiger partial charge in [-0.2, -0.15) is 5.10 Å². The molecule has 0 radical (unpaired) electrons. The van der Waals surface area contributed by atoms with E-state index in [1.807, 2.05) is 48.4 Å². The van der Waals surface area contributed by atoms with Crippen molar-refractivity contribution in [3.05, 3.63) is 42.2 Å². The van der Waals surface area contributed by atoms with E-state index in [9.17, 15) is 4.79 Å². The number of rotatable bonds is 9. The maximum Gasteiger partial charge on any atom is 0.238 e. The van der Waals surface area contributed by atoms with Crippen LogP contribution in [0.2, 0.25) is 0 Å². The molecule has 6 nitrogen and oxygen atoms in total. The van der Waals surface area contributed by atoms with Crippen LogP contribution in [0.3, 0.4) is 0 Å². The van der Waals surface area contributed by atoms with Crippen molar-refractivity contribution in [3.63, 3.8) is 0 Å². The zero-order valence-corrected chi connectivity index (χ0v) is 14.7. The summed E-state index contributed by atoms with van der Waals surface area (Å²) in [6.07, 6.45) is 5.90. The molecule has 2 aromatic rings. The van der Waals surface area contributed by atoms with Crippen LogP contribution in [0, 0.1) is 0 Å². The van der Waals surface area contributed by atoms with Crippen molar-refractivity contribution in [2.75, 3.05) is 32.1 Å². The summed E-state index contributed by atoms with van der Waals surface area (Å²) in [5.41, 5.74) is 1.93. The van der Waals surface area contributed by atoms with Crippen LogP contribution in [0.1, 0.15) is 18.9 Å². The molecule has 130 valence electrons. The van der Waals surface area contributed by atoms with Gasteiger partial charge in [0.1, 0.15) is 5.75 Å². The number of anilines is 1. The van der Waals surface area contributed by atoms with E-state index in [0.29, 0.717) is 18.0 Å². The number of hydrogen-bond acceptors (Lipinski definition) is 4. The van der Waals surface area contributed by atoms with E-state index in [1.54, 1.807) is 7.11 Å². The number of para-hydroxylation sites is 2. The molecule has 2 rings (SSSR count). The first-order chi connectivity index (χ1) is 11.6. The fraction of sp³-hybridized carbons (Fsp3) is 0.444. The van der Waals surface area contributed by atoms with Crippen LogP contribution in [0.15, 0.2) is 36.7 Å². The molecule has 0 bridgehead atoms. The van der Waals surface area contributed by atoms with Crippen molar-refractivity contribution in [1.29, 1.82) is 0 Å². The van der Waals surface area contributed by atoms with Gasteiger partial charge in [0, 0.05) is 13.2 Å². The summed E-state index contributed by atoms with van der Waals surface area (Å²) in [6, 6.07) is 7.44. The molecule has 0 aliphatic rings. The minimum Gasteiger partial charge on any atom is -0.495 e. The molecule has 6 heteroatoms. The van der Waals surface area contributed by atoms with E-state index >= 15 is 0 Å². The van der Waals surface area contributed by atoms with Crippen molar-refractivity contribution >= 4 is 11.6 Å². The second-order valence-electron chi connectivity index (χ2n) is 5.74. The second kappa shape index (κ2) is 9.08. The molecule has 0 saturated heterocycles. The highest BCUT2D eigenvalue weighted by Crippen LogP contribution is 2.22. The summed E-state index contributed by atoms with van der Waals surface area (Å²) in [7, 11) is 3.52. The number of likely N-dealkylation sites (N-methyl/N-ethyl adjacent to an activating group) is 1. The molecule has 0 spiro atoms. The third-order valence-electron chi connectivity index (χ3n) is 3.89. The molecule has 0 aliphatic heterocycles. The zero-order chi connectivity index (χ0) is 17.4. The van der Waals surface area contributed by atoms with Gasteiger partial charge in [0.15, 0.2) is 0 Å². The summed E-state index contributed by atoms with van der Waals surface area (Å²) in [6.45, 7) is 4.17. The number of nitrogens with one attached hydrogen (secondary N) is 1. The molecular formula is C18H26N4O2. The number of methoxy groups -OCH3 is 1. The highest BCUT2D eigenvalue weighted by molar-refractivity contribution is 5.93. The lowest BCUT2D eigenvalue weighted by molar-refractivity contribution is -0.117. The van der Waals surface area contributed by atoms with Gasteiger partial charge in [-0.15, -0.1) is 0 Å².